The minimum atomic E-state index is 0.601. The Bertz CT molecular complexity index is 685. The lowest BCUT2D eigenvalue weighted by molar-refractivity contribution is 0.870. The predicted octanol–water partition coefficient (Wildman–Crippen LogP) is 1.66. The highest BCUT2D eigenvalue weighted by molar-refractivity contribution is 7.16. The average molecular weight is 259 g/mol. The summed E-state index contributed by atoms with van der Waals surface area (Å²) < 4.78 is 1.80. The standard InChI is InChI=1S/C12H13N5S/c1-8-4-2-3-5-9(8)11-14-15-12-17(11)16-10(18-12)6-7-13/h2-5H,6-7,13H2,1H3. The van der Waals surface area contributed by atoms with E-state index in [1.807, 2.05) is 18.2 Å². The molecule has 0 unspecified atom stereocenters. The molecule has 3 rings (SSSR count). The van der Waals surface area contributed by atoms with Crippen molar-refractivity contribution in [2.45, 2.75) is 13.3 Å². The van der Waals surface area contributed by atoms with Gasteiger partial charge in [0, 0.05) is 12.0 Å². The van der Waals surface area contributed by atoms with Crippen molar-refractivity contribution in [3.05, 3.63) is 34.8 Å². The fourth-order valence-electron chi connectivity index (χ4n) is 1.87. The van der Waals surface area contributed by atoms with Gasteiger partial charge in [0.15, 0.2) is 5.82 Å². The Morgan fingerprint density at radius 3 is 2.89 bits per heavy atom. The molecule has 0 amide bonds. The van der Waals surface area contributed by atoms with Crippen LogP contribution in [0.2, 0.25) is 0 Å². The topological polar surface area (TPSA) is 69.1 Å². The molecule has 3 aromatic rings. The first-order valence-corrected chi connectivity index (χ1v) is 6.58. The molecule has 0 aliphatic heterocycles. The number of aromatic nitrogens is 4. The van der Waals surface area contributed by atoms with Crippen molar-refractivity contribution < 1.29 is 0 Å². The second-order valence-electron chi connectivity index (χ2n) is 4.07. The molecule has 5 nitrogen and oxygen atoms in total. The van der Waals surface area contributed by atoms with Gasteiger partial charge in [-0.2, -0.15) is 9.61 Å². The molecular weight excluding hydrogens is 246 g/mol. The van der Waals surface area contributed by atoms with Crippen LogP contribution >= 0.6 is 11.3 Å². The van der Waals surface area contributed by atoms with Gasteiger partial charge in [0.1, 0.15) is 5.01 Å². The summed E-state index contributed by atoms with van der Waals surface area (Å²) >= 11 is 1.54. The Labute approximate surface area is 108 Å². The van der Waals surface area contributed by atoms with Gasteiger partial charge in [-0.3, -0.25) is 0 Å². The molecule has 1 aromatic carbocycles. The molecule has 0 aliphatic rings. The van der Waals surface area contributed by atoms with E-state index in [0.29, 0.717) is 6.54 Å². The van der Waals surface area contributed by atoms with Crippen LogP contribution in [0.25, 0.3) is 16.3 Å². The largest absolute Gasteiger partial charge is 0.330 e. The van der Waals surface area contributed by atoms with Gasteiger partial charge in [-0.15, -0.1) is 10.2 Å². The quantitative estimate of drug-likeness (QED) is 0.776. The van der Waals surface area contributed by atoms with E-state index in [1.54, 1.807) is 15.9 Å². The van der Waals surface area contributed by atoms with Crippen LogP contribution in [0.1, 0.15) is 10.6 Å². The first kappa shape index (κ1) is 11.3. The second-order valence-corrected chi connectivity index (χ2v) is 5.11. The molecule has 0 aliphatic carbocycles. The van der Waals surface area contributed by atoms with Gasteiger partial charge < -0.3 is 5.73 Å². The highest BCUT2D eigenvalue weighted by atomic mass is 32.1. The average Bonchev–Trinajstić information content (AvgIpc) is 2.90. The number of hydrogen-bond donors (Lipinski definition) is 1. The third kappa shape index (κ3) is 1.79. The van der Waals surface area contributed by atoms with E-state index in [2.05, 4.69) is 28.3 Å². The molecule has 0 saturated carbocycles. The van der Waals surface area contributed by atoms with Crippen molar-refractivity contribution in [2.24, 2.45) is 5.73 Å². The van der Waals surface area contributed by atoms with Crippen molar-refractivity contribution in [2.75, 3.05) is 6.54 Å². The minimum absolute atomic E-state index is 0.601. The van der Waals surface area contributed by atoms with E-state index in [0.717, 1.165) is 27.8 Å². The van der Waals surface area contributed by atoms with Crippen LogP contribution in [0.5, 0.6) is 0 Å². The van der Waals surface area contributed by atoms with Gasteiger partial charge in [0.2, 0.25) is 4.96 Å². The maximum atomic E-state index is 5.55. The Morgan fingerprint density at radius 1 is 1.28 bits per heavy atom. The summed E-state index contributed by atoms with van der Waals surface area (Å²) in [5.74, 6) is 0.794. The van der Waals surface area contributed by atoms with E-state index in [4.69, 9.17) is 5.73 Å². The zero-order valence-corrected chi connectivity index (χ0v) is 10.8. The molecule has 0 bridgehead atoms. The normalized spacial score (nSPS) is 11.2. The van der Waals surface area contributed by atoms with Crippen LogP contribution in [0, 0.1) is 6.92 Å². The van der Waals surface area contributed by atoms with Gasteiger partial charge in [-0.1, -0.05) is 35.6 Å². The number of nitrogens with two attached hydrogens (primary N) is 1. The van der Waals surface area contributed by atoms with Crippen LogP contribution in [0.15, 0.2) is 24.3 Å². The molecule has 0 radical (unpaired) electrons. The summed E-state index contributed by atoms with van der Waals surface area (Å²) in [6.45, 7) is 2.66. The number of aryl methyl sites for hydroxylation is 1. The molecule has 0 spiro atoms. The molecule has 6 heteroatoms. The van der Waals surface area contributed by atoms with Crippen molar-refractivity contribution in [1.29, 1.82) is 0 Å². The summed E-state index contributed by atoms with van der Waals surface area (Å²) in [6, 6.07) is 8.10. The maximum absolute atomic E-state index is 5.55. The summed E-state index contributed by atoms with van der Waals surface area (Å²) in [5.41, 5.74) is 7.78. The highest BCUT2D eigenvalue weighted by Crippen LogP contribution is 2.24. The number of fused-ring (bicyclic) bond motifs is 1. The number of hydrogen-bond acceptors (Lipinski definition) is 5. The molecule has 0 atom stereocenters. The Morgan fingerprint density at radius 2 is 2.11 bits per heavy atom. The number of nitrogens with zero attached hydrogens (tertiary/aromatic N) is 4. The van der Waals surface area contributed by atoms with Gasteiger partial charge in [0.05, 0.1) is 0 Å². The van der Waals surface area contributed by atoms with Crippen LogP contribution in [0.3, 0.4) is 0 Å². The van der Waals surface area contributed by atoms with Gasteiger partial charge in [-0.05, 0) is 19.0 Å². The fraction of sp³-hybridized carbons (Fsp3) is 0.250. The minimum Gasteiger partial charge on any atom is -0.330 e. The van der Waals surface area contributed by atoms with E-state index in [1.165, 1.54) is 5.56 Å². The number of rotatable bonds is 3. The highest BCUT2D eigenvalue weighted by Gasteiger charge is 2.14. The predicted molar refractivity (Wildman–Crippen MR) is 71.6 cm³/mol. The summed E-state index contributed by atoms with van der Waals surface area (Å²) in [7, 11) is 0. The molecule has 2 N–H and O–H groups in total. The molecule has 0 fully saturated rings. The lowest BCUT2D eigenvalue weighted by Crippen LogP contribution is -2.03. The van der Waals surface area contributed by atoms with Crippen molar-refractivity contribution in [3.63, 3.8) is 0 Å². The fourth-order valence-corrected chi connectivity index (χ4v) is 2.72. The molecule has 92 valence electrons. The van der Waals surface area contributed by atoms with Crippen LogP contribution in [-0.2, 0) is 6.42 Å². The summed E-state index contributed by atoms with van der Waals surface area (Å²) in [6.07, 6.45) is 0.779. The smallest absolute Gasteiger partial charge is 0.234 e. The lowest BCUT2D eigenvalue weighted by atomic mass is 10.1. The summed E-state index contributed by atoms with van der Waals surface area (Å²) in [5, 5.41) is 13.9. The lowest BCUT2D eigenvalue weighted by Gasteiger charge is -2.00. The monoisotopic (exact) mass is 259 g/mol. The van der Waals surface area contributed by atoms with Crippen LogP contribution < -0.4 is 5.73 Å². The Balaban J connectivity index is 2.15. The van der Waals surface area contributed by atoms with Gasteiger partial charge in [-0.25, -0.2) is 0 Å². The molecular formula is C12H13N5S. The first-order valence-electron chi connectivity index (χ1n) is 5.77. The van der Waals surface area contributed by atoms with E-state index in [9.17, 15) is 0 Å². The van der Waals surface area contributed by atoms with E-state index >= 15 is 0 Å². The van der Waals surface area contributed by atoms with Gasteiger partial charge >= 0.3 is 0 Å². The molecule has 2 heterocycles. The Kier molecular flexibility index (Phi) is 2.81. The van der Waals surface area contributed by atoms with E-state index in [-0.39, 0.29) is 0 Å². The second kappa shape index (κ2) is 4.47. The molecule has 0 saturated heterocycles. The van der Waals surface area contributed by atoms with Crippen LogP contribution in [-0.4, -0.2) is 26.4 Å². The van der Waals surface area contributed by atoms with Crippen LogP contribution in [0.4, 0.5) is 0 Å². The third-order valence-electron chi connectivity index (χ3n) is 2.78. The van der Waals surface area contributed by atoms with Crippen molar-refractivity contribution >= 4 is 16.3 Å². The number of benzene rings is 1. The molecule has 18 heavy (non-hydrogen) atoms. The van der Waals surface area contributed by atoms with Gasteiger partial charge in [0.25, 0.3) is 0 Å². The zero-order chi connectivity index (χ0) is 12.5. The first-order chi connectivity index (χ1) is 8.79. The summed E-state index contributed by atoms with van der Waals surface area (Å²) in [4.78, 5) is 0.816. The van der Waals surface area contributed by atoms with E-state index < -0.39 is 0 Å². The Hall–Kier alpha value is -1.79. The zero-order valence-electron chi connectivity index (χ0n) is 10.00. The van der Waals surface area contributed by atoms with Crippen molar-refractivity contribution in [3.8, 4) is 11.4 Å². The molecule has 2 aromatic heterocycles. The third-order valence-corrected chi connectivity index (χ3v) is 3.74. The SMILES string of the molecule is Cc1ccccc1-c1nnc2sc(CCN)nn12. The van der Waals surface area contributed by atoms with Crippen molar-refractivity contribution in [1.82, 2.24) is 19.8 Å². The maximum Gasteiger partial charge on any atom is 0.234 e.